The molecule has 46 heavy (non-hydrogen) atoms. The van der Waals surface area contributed by atoms with Gasteiger partial charge in [0.25, 0.3) is 0 Å². The van der Waals surface area contributed by atoms with E-state index in [0.29, 0.717) is 0 Å². The van der Waals surface area contributed by atoms with Crippen LogP contribution in [-0.2, 0) is 16.5 Å². The van der Waals surface area contributed by atoms with Crippen molar-refractivity contribution in [3.05, 3.63) is 137 Å². The molecule has 0 aliphatic rings. The summed E-state index contributed by atoms with van der Waals surface area (Å²) in [6.07, 6.45) is -1.22. The van der Waals surface area contributed by atoms with Crippen molar-refractivity contribution in [3.63, 3.8) is 0 Å². The van der Waals surface area contributed by atoms with Crippen molar-refractivity contribution in [1.82, 2.24) is 19.6 Å². The summed E-state index contributed by atoms with van der Waals surface area (Å²) >= 11 is 0. The van der Waals surface area contributed by atoms with Gasteiger partial charge in [0, 0.05) is 39.3 Å². The zero-order valence-electron chi connectivity index (χ0n) is 28.1. The van der Waals surface area contributed by atoms with E-state index < -0.39 is 11.2 Å². The predicted molar refractivity (Wildman–Crippen MR) is 193 cm³/mol. The Kier molecular flexibility index (Phi) is 19.4. The van der Waals surface area contributed by atoms with E-state index in [1.807, 2.05) is 0 Å². The number of rotatable bonds is 13. The molecule has 0 atom stereocenters. The van der Waals surface area contributed by atoms with Crippen LogP contribution in [0.1, 0.15) is 0 Å². The molecule has 0 spiro atoms. The monoisotopic (exact) mass is 669 g/mol. The molecule has 0 N–H and O–H groups in total. The van der Waals surface area contributed by atoms with Gasteiger partial charge in [0.05, 0.1) is 5.09 Å². The number of hydrogen-bond acceptors (Lipinski definition) is 7. The van der Waals surface area contributed by atoms with Gasteiger partial charge in [-0.2, -0.15) is 21.9 Å². The Labute approximate surface area is 286 Å². The molecule has 0 fully saturated rings. The molecule has 0 saturated carbocycles. The normalized spacial score (nSPS) is 10.9. The van der Waals surface area contributed by atoms with Gasteiger partial charge in [-0.15, -0.1) is 0 Å². The molecule has 0 heterocycles. The third-order valence-electron chi connectivity index (χ3n) is 7.92. The summed E-state index contributed by atoms with van der Waals surface area (Å²) in [4.78, 5) is 17.5. The largest absolute Gasteiger partial charge is 2.00 e. The fourth-order valence-corrected chi connectivity index (χ4v) is 5.43. The number of benzene rings is 4. The first kappa shape index (κ1) is 40.5. The third-order valence-corrected chi connectivity index (χ3v) is 7.92. The van der Waals surface area contributed by atoms with Gasteiger partial charge in [-0.3, -0.25) is 0 Å². The molecule has 10 heteroatoms. The molecule has 4 aromatic carbocycles. The average molecular weight is 670 g/mol. The summed E-state index contributed by atoms with van der Waals surface area (Å²) < 4.78 is 0. The topological polar surface area (TPSA) is 79.2 Å². The second-order valence-corrected chi connectivity index (χ2v) is 11.9. The van der Waals surface area contributed by atoms with Crippen LogP contribution in [0, 0.1) is 15.3 Å². The van der Waals surface area contributed by atoms with Crippen molar-refractivity contribution >= 4 is 28.0 Å². The first-order valence-corrected chi connectivity index (χ1v) is 15.4. The van der Waals surface area contributed by atoms with E-state index in [4.69, 9.17) is 15.3 Å². The van der Waals surface area contributed by atoms with Crippen LogP contribution in [0.5, 0.6) is 0 Å². The Balaban J connectivity index is 0.000000438. The van der Waals surface area contributed by atoms with Gasteiger partial charge in [0.2, 0.25) is 0 Å². The van der Waals surface area contributed by atoms with E-state index >= 15 is 0 Å². The van der Waals surface area contributed by atoms with Gasteiger partial charge >= 0.3 is 16.5 Å². The molecular formula is C36H50BN5NiO3. The van der Waals surface area contributed by atoms with Gasteiger partial charge in [-0.1, -0.05) is 121 Å². The van der Waals surface area contributed by atoms with Crippen LogP contribution in [0.25, 0.3) is 0 Å². The minimum absolute atomic E-state index is 0. The zero-order chi connectivity index (χ0) is 33.1. The predicted octanol–water partition coefficient (Wildman–Crippen LogP) is 2.80. The number of nitrogens with zero attached hydrogens (tertiary/aromatic N) is 5. The van der Waals surface area contributed by atoms with Crippen molar-refractivity contribution in [2.45, 2.75) is 0 Å². The Morgan fingerprint density at radius 1 is 0.457 bits per heavy atom. The maximum Gasteiger partial charge on any atom is 2.00 e. The minimum atomic E-state index is -1.75. The van der Waals surface area contributed by atoms with Crippen LogP contribution >= 0.6 is 0 Å². The Bertz CT molecular complexity index is 1150. The molecule has 0 amide bonds. The summed E-state index contributed by atoms with van der Waals surface area (Å²) in [6.45, 7) is 6.87. The fourth-order valence-electron chi connectivity index (χ4n) is 5.43. The first-order chi connectivity index (χ1) is 21.6. The van der Waals surface area contributed by atoms with Gasteiger partial charge in [-0.05, 0) is 42.3 Å². The van der Waals surface area contributed by atoms with Crippen LogP contribution in [0.2, 0.25) is 0 Å². The van der Waals surface area contributed by atoms with E-state index in [1.165, 1.54) is 21.9 Å². The molecule has 8 nitrogen and oxygen atoms in total. The van der Waals surface area contributed by atoms with Gasteiger partial charge in [-0.25, -0.2) is 0 Å². The summed E-state index contributed by atoms with van der Waals surface area (Å²) in [5, 5.41) is 14.8. The quantitative estimate of drug-likeness (QED) is 0.123. The standard InChI is InChI=1S/C24H20B.C12H30N4.NO3.Ni/c1-5-13-21(14-6-1)25(22-15-7-2-8-16-22,23-17-9-3-10-18-23)24-19-11-4-12-20-24;1-13(2)7-9-15(5)11-12-16(6)10-8-14(3)4;2-1(3)4;/h1-20H;7-12H2,1-6H3;;/q-1;;-1;+2. The molecule has 250 valence electrons. The molecule has 0 aliphatic carbocycles. The second kappa shape index (κ2) is 22.1. The smallest absolute Gasteiger partial charge is 0.356 e. The number of likely N-dealkylation sites (N-methyl/N-ethyl adjacent to an activating group) is 4. The molecule has 0 saturated heterocycles. The van der Waals surface area contributed by atoms with E-state index in [9.17, 15) is 0 Å². The van der Waals surface area contributed by atoms with Crippen molar-refractivity contribution < 1.29 is 21.6 Å². The second-order valence-electron chi connectivity index (χ2n) is 11.9. The Morgan fingerprint density at radius 3 is 0.848 bits per heavy atom. The Hall–Kier alpha value is -3.52. The molecule has 0 aliphatic heterocycles. The van der Waals surface area contributed by atoms with Crippen molar-refractivity contribution in [2.24, 2.45) is 0 Å². The number of hydrogen-bond donors (Lipinski definition) is 0. The summed E-state index contributed by atoms with van der Waals surface area (Å²) in [6, 6.07) is 43.5. The molecular weight excluding hydrogens is 620 g/mol. The molecule has 4 rings (SSSR count). The van der Waals surface area contributed by atoms with Gasteiger partial charge in [0.15, 0.2) is 0 Å². The SMILES string of the molecule is CN(C)CCN(C)CCN(C)CCN(C)C.O=[N+]([O-])[O-].[Ni+2].c1ccc([B-](c2ccccc2)(c2ccccc2)c2ccccc2)cc1. The van der Waals surface area contributed by atoms with E-state index in [0.717, 1.165) is 39.3 Å². The molecule has 0 unspecified atom stereocenters. The third kappa shape index (κ3) is 13.9. The maximum atomic E-state index is 8.25. The molecule has 0 bridgehead atoms. The van der Waals surface area contributed by atoms with Crippen molar-refractivity contribution in [2.75, 3.05) is 81.6 Å². The summed E-state index contributed by atoms with van der Waals surface area (Å²) in [5.74, 6) is 0. The summed E-state index contributed by atoms with van der Waals surface area (Å²) in [5.41, 5.74) is 5.36. The van der Waals surface area contributed by atoms with Crippen molar-refractivity contribution in [3.8, 4) is 0 Å². The maximum absolute atomic E-state index is 8.25. The van der Waals surface area contributed by atoms with Gasteiger partial charge in [0.1, 0.15) is 6.15 Å². The van der Waals surface area contributed by atoms with Crippen LogP contribution < -0.4 is 21.9 Å². The average Bonchev–Trinajstić information content (AvgIpc) is 3.04. The van der Waals surface area contributed by atoms with Crippen LogP contribution in [0.3, 0.4) is 0 Å². The molecule has 0 aromatic heterocycles. The first-order valence-electron chi connectivity index (χ1n) is 15.4. The molecule has 0 radical (unpaired) electrons. The summed E-state index contributed by atoms with van der Waals surface area (Å²) in [7, 11) is 12.9. The van der Waals surface area contributed by atoms with E-state index in [1.54, 1.807) is 0 Å². The molecule has 4 aromatic rings. The van der Waals surface area contributed by atoms with E-state index in [2.05, 4.69) is 183 Å². The van der Waals surface area contributed by atoms with Crippen LogP contribution in [0.15, 0.2) is 121 Å². The van der Waals surface area contributed by atoms with E-state index in [-0.39, 0.29) is 16.5 Å². The zero-order valence-corrected chi connectivity index (χ0v) is 29.1. The van der Waals surface area contributed by atoms with Crippen LogP contribution in [-0.4, -0.2) is 112 Å². The van der Waals surface area contributed by atoms with Crippen molar-refractivity contribution in [1.29, 1.82) is 0 Å². The van der Waals surface area contributed by atoms with Crippen LogP contribution in [0.4, 0.5) is 0 Å². The van der Waals surface area contributed by atoms with Gasteiger partial charge < -0.3 is 34.9 Å². The fraction of sp³-hybridized carbons (Fsp3) is 0.333. The minimum Gasteiger partial charge on any atom is -0.356 e. The Morgan fingerprint density at radius 2 is 0.652 bits per heavy atom.